The summed E-state index contributed by atoms with van der Waals surface area (Å²) in [5.41, 5.74) is -0.152. The number of amides is 1. The van der Waals surface area contributed by atoms with Gasteiger partial charge >= 0.3 is 5.97 Å². The zero-order chi connectivity index (χ0) is 17.4. The smallest absolute Gasteiger partial charge is 0.315 e. The zero-order valence-electron chi connectivity index (χ0n) is 12.4. The van der Waals surface area contributed by atoms with Crippen molar-refractivity contribution in [1.29, 1.82) is 0 Å². The minimum atomic E-state index is -1.16. The molecule has 0 bridgehead atoms. The van der Waals surface area contributed by atoms with E-state index in [1.54, 1.807) is 13.8 Å². The van der Waals surface area contributed by atoms with Gasteiger partial charge in [0, 0.05) is 24.2 Å². The van der Waals surface area contributed by atoms with Crippen molar-refractivity contribution in [3.8, 4) is 0 Å². The van der Waals surface area contributed by atoms with Gasteiger partial charge in [0.1, 0.15) is 9.75 Å². The van der Waals surface area contributed by atoms with Crippen molar-refractivity contribution >= 4 is 46.5 Å². The van der Waals surface area contributed by atoms with Crippen LogP contribution in [0, 0.1) is 22.5 Å². The summed E-state index contributed by atoms with van der Waals surface area (Å²) >= 11 is 11.7. The Hall–Kier alpha value is -1.86. The molecule has 0 unspecified atom stereocenters. The first kappa shape index (κ1) is 17.5. The molecule has 23 heavy (non-hydrogen) atoms. The van der Waals surface area contributed by atoms with Gasteiger partial charge in [0.2, 0.25) is 0 Å². The number of rotatable bonds is 5. The van der Waals surface area contributed by atoms with Crippen molar-refractivity contribution in [2.45, 2.75) is 24.6 Å². The number of carbonyl (C=O) groups excluding carboxylic acids is 2. The molecule has 1 aliphatic rings. The Morgan fingerprint density at radius 3 is 2.52 bits per heavy atom. The summed E-state index contributed by atoms with van der Waals surface area (Å²) in [5, 5.41) is 13.2. The number of benzene rings is 1. The molecular formula is C14H14Cl2N2O5. The van der Waals surface area contributed by atoms with Gasteiger partial charge in [-0.2, -0.15) is 0 Å². The highest BCUT2D eigenvalue weighted by Gasteiger charge is 2.69. The van der Waals surface area contributed by atoms with Gasteiger partial charge in [-0.3, -0.25) is 19.7 Å². The summed E-state index contributed by atoms with van der Waals surface area (Å²) in [6, 6.07) is 4.02. The molecule has 0 heterocycles. The molecule has 7 nitrogen and oxygen atoms in total. The van der Waals surface area contributed by atoms with Gasteiger partial charge in [-0.25, -0.2) is 0 Å². The predicted octanol–water partition coefficient (Wildman–Crippen LogP) is 2.97. The molecule has 1 N–H and O–H groups in total. The Labute approximate surface area is 142 Å². The number of non-ortho nitro benzene ring substituents is 1. The number of nitro benzene ring substituents is 1. The van der Waals surface area contributed by atoms with E-state index in [0.717, 1.165) is 0 Å². The third-order valence-electron chi connectivity index (χ3n) is 3.74. The molecule has 1 atom stereocenters. The van der Waals surface area contributed by atoms with Crippen LogP contribution in [0.1, 0.15) is 18.9 Å². The fourth-order valence-corrected chi connectivity index (χ4v) is 2.69. The number of hydrogen-bond donors (Lipinski definition) is 1. The van der Waals surface area contributed by atoms with Crippen LogP contribution in [0.5, 0.6) is 0 Å². The van der Waals surface area contributed by atoms with Gasteiger partial charge in [-0.1, -0.05) is 0 Å². The normalized spacial score (nSPS) is 21.4. The third-order valence-corrected chi connectivity index (χ3v) is 4.84. The van der Waals surface area contributed by atoms with Crippen LogP contribution in [0.3, 0.4) is 0 Å². The minimum absolute atomic E-state index is 0.0749. The van der Waals surface area contributed by atoms with E-state index in [0.29, 0.717) is 11.3 Å². The molecule has 124 valence electrons. The summed E-state index contributed by atoms with van der Waals surface area (Å²) in [7, 11) is 0. The second-order valence-electron chi connectivity index (χ2n) is 5.59. The lowest BCUT2D eigenvalue weighted by molar-refractivity contribution is -0.384. The molecule has 9 heteroatoms. The SMILES string of the molecule is Cc1cc([N+](=O)[O-])ccc1NC(=O)COC(=O)[C@@]1(C)CC1(Cl)Cl. The summed E-state index contributed by atoms with van der Waals surface area (Å²) in [4.78, 5) is 33.8. The average molecular weight is 361 g/mol. The molecule has 0 aromatic heterocycles. The van der Waals surface area contributed by atoms with Gasteiger partial charge in [0.15, 0.2) is 6.61 Å². The van der Waals surface area contributed by atoms with Crippen LogP contribution in [0.2, 0.25) is 0 Å². The molecule has 1 fully saturated rings. The van der Waals surface area contributed by atoms with E-state index >= 15 is 0 Å². The number of nitrogens with one attached hydrogen (secondary N) is 1. The molecule has 0 spiro atoms. The van der Waals surface area contributed by atoms with Crippen LogP contribution in [0.15, 0.2) is 18.2 Å². The van der Waals surface area contributed by atoms with Crippen molar-refractivity contribution in [3.05, 3.63) is 33.9 Å². The Balaban J connectivity index is 1.91. The van der Waals surface area contributed by atoms with Gasteiger partial charge in [0.25, 0.3) is 11.6 Å². The zero-order valence-corrected chi connectivity index (χ0v) is 13.9. The van der Waals surface area contributed by atoms with Gasteiger partial charge in [-0.15, -0.1) is 23.2 Å². The maximum atomic E-state index is 11.8. The standard InChI is InChI=1S/C14H14Cl2N2O5/c1-8-5-9(18(21)22)3-4-10(8)17-11(19)6-23-12(20)13(2)7-14(13,15)16/h3-5H,6-7H2,1-2H3,(H,17,19)/t13-/m1/s1. The highest BCUT2D eigenvalue weighted by atomic mass is 35.5. The van der Waals surface area contributed by atoms with Gasteiger partial charge in [-0.05, 0) is 25.5 Å². The number of hydrogen-bond acceptors (Lipinski definition) is 5. The van der Waals surface area contributed by atoms with Crippen LogP contribution >= 0.6 is 23.2 Å². The van der Waals surface area contributed by atoms with Crippen molar-refractivity contribution < 1.29 is 19.2 Å². The van der Waals surface area contributed by atoms with E-state index < -0.39 is 33.2 Å². The van der Waals surface area contributed by atoms with Crippen LogP contribution in [-0.2, 0) is 14.3 Å². The molecule has 0 radical (unpaired) electrons. The number of aryl methyl sites for hydroxylation is 1. The van der Waals surface area contributed by atoms with Crippen molar-refractivity contribution in [2.24, 2.45) is 5.41 Å². The molecule has 1 saturated carbocycles. The number of nitrogens with zero attached hydrogens (tertiary/aromatic N) is 1. The first-order valence-electron chi connectivity index (χ1n) is 6.67. The molecule has 1 aromatic carbocycles. The maximum absolute atomic E-state index is 11.8. The molecular weight excluding hydrogens is 347 g/mol. The number of halogens is 2. The Kier molecular flexibility index (Phi) is 4.54. The third kappa shape index (κ3) is 3.56. The van der Waals surface area contributed by atoms with E-state index in [-0.39, 0.29) is 12.1 Å². The van der Waals surface area contributed by atoms with E-state index in [2.05, 4.69) is 5.32 Å². The average Bonchev–Trinajstić information content (AvgIpc) is 2.98. The van der Waals surface area contributed by atoms with Crippen LogP contribution in [0.4, 0.5) is 11.4 Å². The molecule has 1 aliphatic carbocycles. The number of esters is 1. The van der Waals surface area contributed by atoms with Crippen molar-refractivity contribution in [2.75, 3.05) is 11.9 Å². The number of ether oxygens (including phenoxy) is 1. The highest BCUT2D eigenvalue weighted by Crippen LogP contribution is 2.64. The second-order valence-corrected chi connectivity index (χ2v) is 7.08. The maximum Gasteiger partial charge on any atom is 0.315 e. The number of anilines is 1. The lowest BCUT2D eigenvalue weighted by Gasteiger charge is -2.12. The van der Waals surface area contributed by atoms with Crippen molar-refractivity contribution in [1.82, 2.24) is 0 Å². The van der Waals surface area contributed by atoms with Crippen LogP contribution in [0.25, 0.3) is 0 Å². The molecule has 2 rings (SSSR count). The molecule has 1 aromatic rings. The fourth-order valence-electron chi connectivity index (χ4n) is 2.00. The quantitative estimate of drug-likeness (QED) is 0.376. The lowest BCUT2D eigenvalue weighted by Crippen LogP contribution is -2.27. The first-order valence-corrected chi connectivity index (χ1v) is 7.42. The van der Waals surface area contributed by atoms with Crippen LogP contribution < -0.4 is 5.32 Å². The van der Waals surface area contributed by atoms with E-state index in [4.69, 9.17) is 27.9 Å². The summed E-state index contributed by atoms with van der Waals surface area (Å²) < 4.78 is 3.76. The lowest BCUT2D eigenvalue weighted by atomic mass is 10.1. The highest BCUT2D eigenvalue weighted by molar-refractivity contribution is 6.53. The second kappa shape index (κ2) is 5.98. The fraction of sp³-hybridized carbons (Fsp3) is 0.429. The Bertz CT molecular complexity index is 692. The summed E-state index contributed by atoms with van der Waals surface area (Å²) in [6.07, 6.45) is 0.269. The van der Waals surface area contributed by atoms with Gasteiger partial charge in [0.05, 0.1) is 4.92 Å². The van der Waals surface area contributed by atoms with E-state index in [1.807, 2.05) is 0 Å². The summed E-state index contributed by atoms with van der Waals surface area (Å²) in [5.74, 6) is -1.20. The first-order chi connectivity index (χ1) is 10.6. The Morgan fingerprint density at radius 2 is 2.04 bits per heavy atom. The number of nitro groups is 1. The topological polar surface area (TPSA) is 98.5 Å². The van der Waals surface area contributed by atoms with Crippen LogP contribution in [-0.4, -0.2) is 27.7 Å². The monoisotopic (exact) mass is 360 g/mol. The van der Waals surface area contributed by atoms with E-state index in [1.165, 1.54) is 18.2 Å². The molecule has 0 aliphatic heterocycles. The summed E-state index contributed by atoms with van der Waals surface area (Å²) in [6.45, 7) is 2.69. The predicted molar refractivity (Wildman–Crippen MR) is 84.6 cm³/mol. The largest absolute Gasteiger partial charge is 0.455 e. The Morgan fingerprint density at radius 1 is 1.43 bits per heavy atom. The van der Waals surface area contributed by atoms with Gasteiger partial charge < -0.3 is 10.1 Å². The minimum Gasteiger partial charge on any atom is -0.455 e. The number of carbonyl (C=O) groups is 2. The number of alkyl halides is 2. The molecule has 0 saturated heterocycles. The van der Waals surface area contributed by atoms with E-state index in [9.17, 15) is 19.7 Å². The molecule has 1 amide bonds. The van der Waals surface area contributed by atoms with Crippen molar-refractivity contribution in [3.63, 3.8) is 0 Å².